The molecule has 0 heterocycles. The van der Waals surface area contributed by atoms with Crippen molar-refractivity contribution in [1.82, 2.24) is 1.33 Å². The molecule has 0 aliphatic heterocycles. The van der Waals surface area contributed by atoms with Crippen LogP contribution in [0.1, 0.15) is 9.49 Å². The Kier molecular flexibility index (Phi) is 10.6. The van der Waals surface area contributed by atoms with E-state index in [1.54, 1.807) is 37.7 Å². The minimum atomic E-state index is -1.18. The summed E-state index contributed by atoms with van der Waals surface area (Å²) in [7, 11) is 0. The molecule has 10 heteroatoms. The Labute approximate surface area is 222 Å². The molecule has 2 atom stereocenters. The van der Waals surface area contributed by atoms with Crippen LogP contribution in [0.25, 0.3) is 0 Å². The first-order valence-electron chi connectivity index (χ1n) is 6.48. The zero-order valence-electron chi connectivity index (χ0n) is 12.8. The largest absolute Gasteiger partial charge is 1.00 e. The fraction of sp³-hybridized carbons (Fsp3) is 0.133. The van der Waals surface area contributed by atoms with E-state index in [9.17, 15) is 15.0 Å². The molecule has 0 aromatic heterocycles. The van der Waals surface area contributed by atoms with E-state index in [1.807, 2.05) is 80.5 Å². The van der Waals surface area contributed by atoms with Crippen LogP contribution in [0.4, 0.5) is 0 Å². The summed E-state index contributed by atoms with van der Waals surface area (Å²) in [5.41, 5.74) is 0.852. The number of halogens is 4. The number of aliphatic carboxylic acids is 1. The molecular weight excluding hydrogens is 789 g/mol. The smallest absolute Gasteiger partial charge is 0.547 e. The summed E-state index contributed by atoms with van der Waals surface area (Å²) in [5.74, 6) is 0.264. The first kappa shape index (κ1) is 24.4. The molecule has 5 nitrogen and oxygen atoms in total. The van der Waals surface area contributed by atoms with Gasteiger partial charge in [-0.3, -0.25) is 0 Å². The van der Waals surface area contributed by atoms with E-state index in [-0.39, 0.29) is 39.2 Å². The van der Waals surface area contributed by atoms with Crippen LogP contribution < -0.4 is 39.4 Å². The van der Waals surface area contributed by atoms with Crippen molar-refractivity contribution in [3.05, 3.63) is 54.1 Å². The van der Waals surface area contributed by atoms with E-state index in [4.69, 9.17) is 4.74 Å². The van der Waals surface area contributed by atoms with Gasteiger partial charge in [-0.15, -0.1) is 0 Å². The average Bonchev–Trinajstić information content (AvgIpc) is 2.55. The summed E-state index contributed by atoms with van der Waals surface area (Å²) in [5, 5.41) is 20.9. The molecule has 128 valence electrons. The van der Waals surface area contributed by atoms with Crippen LogP contribution in [0.5, 0.6) is 17.2 Å². The molecule has 0 amide bonds. The zero-order valence-corrected chi connectivity index (χ0v) is 23.5. The standard InChI is InChI=1S/C15H11I4NO4.Na/c16-13(15(17,14(22)23)20(18)19)9-1-5-11(6-2-9)24-12-7-3-10(21)4-8-12;/h1-8,13,21H,(H,22,23);/q;+1/p-1/t13?,15-;/m0./s1. The number of ether oxygens (including phenoxy) is 1. The van der Waals surface area contributed by atoms with Gasteiger partial charge in [0.15, 0.2) is 0 Å². The number of hydrogen-bond acceptors (Lipinski definition) is 5. The number of carbonyl (C=O) groups excluding carboxylic acids is 1. The van der Waals surface area contributed by atoms with E-state index in [0.717, 1.165) is 5.56 Å². The average molecular weight is 799 g/mol. The maximum absolute atomic E-state index is 11.6. The van der Waals surface area contributed by atoms with Gasteiger partial charge in [-0.1, -0.05) is 57.3 Å². The Balaban J connectivity index is 0.00000312. The van der Waals surface area contributed by atoms with Gasteiger partial charge in [0, 0.05) is 45.7 Å². The minimum absolute atomic E-state index is 0. The van der Waals surface area contributed by atoms with E-state index >= 15 is 0 Å². The summed E-state index contributed by atoms with van der Waals surface area (Å²) in [6.45, 7) is 0. The van der Waals surface area contributed by atoms with Crippen LogP contribution in [0.15, 0.2) is 48.5 Å². The first-order chi connectivity index (χ1) is 11.2. The number of carboxylic acid groups (broad SMARTS) is 1. The van der Waals surface area contributed by atoms with Crippen LogP contribution in [-0.4, -0.2) is 15.9 Å². The molecule has 25 heavy (non-hydrogen) atoms. The number of hydrogen-bond donors (Lipinski definition) is 1. The molecule has 1 unspecified atom stereocenters. The second kappa shape index (κ2) is 10.8. The van der Waals surface area contributed by atoms with Crippen molar-refractivity contribution >= 4 is 96.9 Å². The van der Waals surface area contributed by atoms with Gasteiger partial charge in [-0.2, -0.15) is 1.33 Å². The van der Waals surface area contributed by atoms with E-state index in [0.29, 0.717) is 11.5 Å². The van der Waals surface area contributed by atoms with Gasteiger partial charge in [-0.25, -0.2) is 0 Å². The van der Waals surface area contributed by atoms with Crippen LogP contribution in [0.2, 0.25) is 0 Å². The van der Waals surface area contributed by atoms with Gasteiger partial charge >= 0.3 is 29.6 Å². The van der Waals surface area contributed by atoms with Crippen molar-refractivity contribution in [2.75, 3.05) is 0 Å². The quantitative estimate of drug-likeness (QED) is 0.158. The number of benzene rings is 2. The minimum Gasteiger partial charge on any atom is -0.547 e. The fourth-order valence-electron chi connectivity index (χ4n) is 1.83. The number of rotatable bonds is 6. The van der Waals surface area contributed by atoms with Gasteiger partial charge in [0.2, 0.25) is 0 Å². The van der Waals surface area contributed by atoms with Crippen molar-refractivity contribution in [2.45, 2.75) is 7.47 Å². The number of phenols is 1. The third-order valence-corrected chi connectivity index (χ3v) is 10.8. The van der Waals surface area contributed by atoms with Crippen LogP contribution in [0, 0.1) is 0 Å². The second-order valence-electron chi connectivity index (χ2n) is 4.72. The zero-order chi connectivity index (χ0) is 17.9. The number of carboxylic acids is 1. The van der Waals surface area contributed by atoms with Crippen LogP contribution in [-0.2, 0) is 4.79 Å². The normalized spacial score (nSPS) is 14.3. The molecule has 2 rings (SSSR count). The molecule has 0 saturated carbocycles. The molecule has 2 aromatic carbocycles. The second-order valence-corrected chi connectivity index (χ2v) is 11.4. The summed E-state index contributed by atoms with van der Waals surface area (Å²) in [4.78, 5) is 11.6. The number of phenolic OH excluding ortho intramolecular Hbond substituents is 1. The topological polar surface area (TPSA) is 72.8 Å². The van der Waals surface area contributed by atoms with Gasteiger partial charge < -0.3 is 19.7 Å². The molecular formula is C15H10I4NNaO4. The third-order valence-electron chi connectivity index (χ3n) is 3.11. The Morgan fingerprint density at radius 1 is 1.08 bits per heavy atom. The molecule has 0 radical (unpaired) electrons. The number of nitrogens with zero attached hydrogens (tertiary/aromatic N) is 1. The Morgan fingerprint density at radius 3 is 1.92 bits per heavy atom. The number of alkyl halides is 2. The monoisotopic (exact) mass is 799 g/mol. The molecule has 0 spiro atoms. The Hall–Kier alpha value is 1.39. The molecule has 0 aliphatic carbocycles. The van der Waals surface area contributed by atoms with E-state index < -0.39 is 9.51 Å². The van der Waals surface area contributed by atoms with Gasteiger partial charge in [-0.05, 0) is 42.0 Å². The molecule has 0 fully saturated rings. The summed E-state index contributed by atoms with van der Waals surface area (Å²) in [6.07, 6.45) is 0. The molecule has 0 aliphatic rings. The van der Waals surface area contributed by atoms with Crippen molar-refractivity contribution in [3.63, 3.8) is 0 Å². The summed E-state index contributed by atoms with van der Waals surface area (Å²) < 4.78 is 5.77. The fourth-order valence-corrected chi connectivity index (χ4v) is 5.16. The van der Waals surface area contributed by atoms with Crippen LogP contribution >= 0.6 is 90.9 Å². The Morgan fingerprint density at radius 2 is 1.52 bits per heavy atom. The van der Waals surface area contributed by atoms with Crippen molar-refractivity contribution in [1.29, 1.82) is 0 Å². The van der Waals surface area contributed by atoms with Crippen molar-refractivity contribution in [2.24, 2.45) is 0 Å². The van der Waals surface area contributed by atoms with E-state index in [2.05, 4.69) is 22.6 Å². The van der Waals surface area contributed by atoms with Gasteiger partial charge in [0.05, 0.1) is 9.89 Å². The maximum Gasteiger partial charge on any atom is 1.00 e. The number of carbonyl (C=O) groups is 1. The van der Waals surface area contributed by atoms with Gasteiger partial charge in [0.1, 0.15) is 20.8 Å². The summed E-state index contributed by atoms with van der Waals surface area (Å²) >= 11 is 7.90. The molecule has 1 N–H and O–H groups in total. The number of aromatic hydroxyl groups is 1. The summed E-state index contributed by atoms with van der Waals surface area (Å²) in [6, 6.07) is 13.7. The third kappa shape index (κ3) is 6.19. The van der Waals surface area contributed by atoms with Crippen LogP contribution in [0.3, 0.4) is 0 Å². The van der Waals surface area contributed by atoms with Crippen molar-refractivity contribution < 1.29 is 49.3 Å². The molecule has 2 aromatic rings. The maximum atomic E-state index is 11.6. The van der Waals surface area contributed by atoms with Crippen molar-refractivity contribution in [3.8, 4) is 17.2 Å². The van der Waals surface area contributed by atoms with E-state index in [1.165, 1.54) is 0 Å². The predicted molar refractivity (Wildman–Crippen MR) is 123 cm³/mol. The molecule has 0 bridgehead atoms. The SMILES string of the molecule is O=C([O-])[C@](I)(C(I)c1ccc(Oc2ccc(O)cc2)cc1)N(I)I.[Na+]. The first-order valence-corrected chi connectivity index (χ1v) is 10.7. The predicted octanol–water partition coefficient (Wildman–Crippen LogP) is 1.55. The van der Waals surface area contributed by atoms with Gasteiger partial charge in [0.25, 0.3) is 0 Å². The Bertz CT molecular complexity index is 714. The molecule has 0 saturated heterocycles.